The van der Waals surface area contributed by atoms with E-state index in [9.17, 15) is 4.79 Å². The number of hydrogen-bond donors (Lipinski definition) is 2. The van der Waals surface area contributed by atoms with E-state index in [4.69, 9.17) is 17.0 Å². The smallest absolute Gasteiger partial charge is 0.253 e. The fraction of sp³-hybridized carbons (Fsp3) is 0.630. The molecule has 0 saturated carbocycles. The molecule has 0 bridgehead atoms. The summed E-state index contributed by atoms with van der Waals surface area (Å²) in [6, 6.07) is 6.73. The molecule has 1 atom stereocenters. The van der Waals surface area contributed by atoms with Crippen LogP contribution in [-0.2, 0) is 11.3 Å². The first kappa shape index (κ1) is 26.1. The highest BCUT2D eigenvalue weighted by Crippen LogP contribution is 2.21. The SMILES string of the molecule is CCN1CCC[C@@H]1CN(Cc1cc2ccc(C)c(C)c2[nH]c1=O)C(=S)NCCCN1CCOCC1. The second-order valence-electron chi connectivity index (χ2n) is 9.94. The number of H-pyrrole nitrogens is 1. The molecule has 8 heteroatoms. The van der Waals surface area contributed by atoms with Gasteiger partial charge in [0.25, 0.3) is 5.56 Å². The van der Waals surface area contributed by atoms with Gasteiger partial charge >= 0.3 is 0 Å². The summed E-state index contributed by atoms with van der Waals surface area (Å²) in [5.41, 5.74) is 3.99. The van der Waals surface area contributed by atoms with E-state index in [0.29, 0.717) is 12.6 Å². The molecule has 7 nitrogen and oxygen atoms in total. The van der Waals surface area contributed by atoms with Gasteiger partial charge in [0.2, 0.25) is 0 Å². The number of fused-ring (bicyclic) bond motifs is 1. The van der Waals surface area contributed by atoms with Crippen LogP contribution < -0.4 is 10.9 Å². The number of likely N-dealkylation sites (N-methyl/N-ethyl adjacent to an activating group) is 1. The minimum atomic E-state index is -0.0231. The zero-order valence-corrected chi connectivity index (χ0v) is 22.4. The lowest BCUT2D eigenvalue weighted by atomic mass is 10.0. The molecule has 0 unspecified atom stereocenters. The van der Waals surface area contributed by atoms with E-state index in [1.807, 2.05) is 6.07 Å². The van der Waals surface area contributed by atoms with Crippen molar-refractivity contribution < 1.29 is 4.74 Å². The van der Waals surface area contributed by atoms with E-state index in [0.717, 1.165) is 92.6 Å². The fourth-order valence-electron chi connectivity index (χ4n) is 5.32. The number of likely N-dealkylation sites (tertiary alicyclic amines) is 1. The van der Waals surface area contributed by atoms with Crippen molar-refractivity contribution in [1.29, 1.82) is 0 Å². The zero-order chi connectivity index (χ0) is 24.8. The summed E-state index contributed by atoms with van der Waals surface area (Å²) in [5, 5.41) is 5.31. The Morgan fingerprint density at radius 1 is 1.26 bits per heavy atom. The molecule has 35 heavy (non-hydrogen) atoms. The Hall–Kier alpha value is -2.00. The van der Waals surface area contributed by atoms with Crippen molar-refractivity contribution in [1.82, 2.24) is 25.0 Å². The van der Waals surface area contributed by atoms with E-state index in [2.05, 4.69) is 57.9 Å². The van der Waals surface area contributed by atoms with Gasteiger partial charge in [0.05, 0.1) is 25.3 Å². The van der Waals surface area contributed by atoms with Gasteiger partial charge in [-0.25, -0.2) is 0 Å². The van der Waals surface area contributed by atoms with Crippen LogP contribution in [-0.4, -0.2) is 89.9 Å². The number of benzene rings is 1. The molecule has 1 aromatic carbocycles. The van der Waals surface area contributed by atoms with Crippen LogP contribution in [0.1, 0.15) is 42.9 Å². The van der Waals surface area contributed by atoms with Crippen molar-refractivity contribution in [3.05, 3.63) is 45.2 Å². The summed E-state index contributed by atoms with van der Waals surface area (Å²) in [6.45, 7) is 15.5. The Balaban J connectivity index is 1.46. The summed E-state index contributed by atoms with van der Waals surface area (Å²) in [5.74, 6) is 0. The van der Waals surface area contributed by atoms with Gasteiger partial charge in [-0.2, -0.15) is 0 Å². The van der Waals surface area contributed by atoms with Crippen molar-refractivity contribution in [2.24, 2.45) is 0 Å². The Bertz CT molecular complexity index is 1070. The maximum Gasteiger partial charge on any atom is 0.253 e. The third-order valence-electron chi connectivity index (χ3n) is 7.64. The number of ether oxygens (including phenoxy) is 1. The summed E-state index contributed by atoms with van der Waals surface area (Å²) < 4.78 is 5.45. The highest BCUT2D eigenvalue weighted by Gasteiger charge is 2.26. The number of aromatic amines is 1. The summed E-state index contributed by atoms with van der Waals surface area (Å²) in [6.07, 6.45) is 3.44. The monoisotopic (exact) mass is 499 g/mol. The highest BCUT2D eigenvalue weighted by atomic mass is 32.1. The van der Waals surface area contributed by atoms with E-state index in [1.54, 1.807) is 0 Å². The number of pyridine rings is 1. The molecular weight excluding hydrogens is 458 g/mol. The second kappa shape index (κ2) is 12.3. The van der Waals surface area contributed by atoms with E-state index in [1.165, 1.54) is 18.4 Å². The van der Waals surface area contributed by atoms with Crippen LogP contribution in [0.15, 0.2) is 23.0 Å². The normalized spacial score (nSPS) is 19.3. The molecule has 2 N–H and O–H groups in total. The van der Waals surface area contributed by atoms with Crippen LogP contribution in [0.5, 0.6) is 0 Å². The molecule has 4 rings (SSSR count). The lowest BCUT2D eigenvalue weighted by molar-refractivity contribution is 0.0375. The van der Waals surface area contributed by atoms with Crippen LogP contribution in [0.4, 0.5) is 0 Å². The number of nitrogens with zero attached hydrogens (tertiary/aromatic N) is 3. The lowest BCUT2D eigenvalue weighted by Gasteiger charge is -2.32. The molecule has 2 fully saturated rings. The quantitative estimate of drug-likeness (QED) is 0.406. The Kier molecular flexibility index (Phi) is 9.16. The van der Waals surface area contributed by atoms with Crippen molar-refractivity contribution in [3.8, 4) is 0 Å². The standard InChI is InChI=1S/C27H41N5O2S/c1-4-31-12-5-7-24(31)19-32(27(35)28-10-6-11-30-13-15-34-16-14-30)18-23-17-22-9-8-20(2)21(3)25(22)29-26(23)33/h8-9,17,24H,4-7,10-16,18-19H2,1-3H3,(H,28,35)(H,29,33)/t24-/m1/s1. The van der Waals surface area contributed by atoms with Crippen LogP contribution in [0.3, 0.4) is 0 Å². The molecule has 2 saturated heterocycles. The lowest BCUT2D eigenvalue weighted by Crippen LogP contribution is -2.47. The first-order chi connectivity index (χ1) is 17.0. The number of rotatable bonds is 9. The van der Waals surface area contributed by atoms with Gasteiger partial charge in [0.1, 0.15) is 0 Å². The molecular formula is C27H41N5O2S. The van der Waals surface area contributed by atoms with Crippen molar-refractivity contribution in [2.75, 3.05) is 59.0 Å². The number of nitrogens with one attached hydrogen (secondary N) is 2. The first-order valence-electron chi connectivity index (χ1n) is 13.1. The summed E-state index contributed by atoms with van der Waals surface area (Å²) in [4.78, 5) is 23.4. The average Bonchev–Trinajstić information content (AvgIpc) is 3.32. The number of morpholine rings is 1. The Morgan fingerprint density at radius 2 is 2.06 bits per heavy atom. The van der Waals surface area contributed by atoms with Crippen LogP contribution in [0, 0.1) is 13.8 Å². The second-order valence-corrected chi connectivity index (χ2v) is 10.3. The van der Waals surface area contributed by atoms with Gasteiger partial charge in [-0.1, -0.05) is 19.1 Å². The predicted molar refractivity (Wildman–Crippen MR) is 147 cm³/mol. The van der Waals surface area contributed by atoms with E-state index >= 15 is 0 Å². The molecule has 2 aliphatic heterocycles. The summed E-state index contributed by atoms with van der Waals surface area (Å²) >= 11 is 5.88. The van der Waals surface area contributed by atoms with E-state index in [-0.39, 0.29) is 5.56 Å². The van der Waals surface area contributed by atoms with Gasteiger partial charge < -0.3 is 19.9 Å². The minimum absolute atomic E-state index is 0.0231. The molecule has 0 radical (unpaired) electrons. The van der Waals surface area contributed by atoms with Crippen molar-refractivity contribution in [3.63, 3.8) is 0 Å². The number of aromatic nitrogens is 1. The number of hydrogen-bond acceptors (Lipinski definition) is 5. The summed E-state index contributed by atoms with van der Waals surface area (Å²) in [7, 11) is 0. The van der Waals surface area contributed by atoms with E-state index < -0.39 is 0 Å². The van der Waals surface area contributed by atoms with Crippen LogP contribution >= 0.6 is 12.2 Å². The molecule has 3 heterocycles. The topological polar surface area (TPSA) is 63.8 Å². The van der Waals surface area contributed by atoms with Gasteiger partial charge in [-0.15, -0.1) is 0 Å². The van der Waals surface area contributed by atoms with Crippen LogP contribution in [0.25, 0.3) is 10.9 Å². The third kappa shape index (κ3) is 6.61. The fourth-order valence-corrected chi connectivity index (χ4v) is 5.56. The zero-order valence-electron chi connectivity index (χ0n) is 21.6. The number of aryl methyl sites for hydroxylation is 2. The maximum absolute atomic E-state index is 13.1. The minimum Gasteiger partial charge on any atom is -0.379 e. The average molecular weight is 500 g/mol. The molecule has 0 spiro atoms. The molecule has 0 aliphatic carbocycles. The molecule has 0 amide bonds. The molecule has 1 aromatic heterocycles. The van der Waals surface area contributed by atoms with Gasteiger partial charge in [0, 0.05) is 37.8 Å². The van der Waals surface area contributed by atoms with Crippen molar-refractivity contribution >= 4 is 28.2 Å². The van der Waals surface area contributed by atoms with Gasteiger partial charge in [0.15, 0.2) is 5.11 Å². The maximum atomic E-state index is 13.1. The largest absolute Gasteiger partial charge is 0.379 e. The Labute approximate surface area is 214 Å². The molecule has 2 aliphatic rings. The predicted octanol–water partition coefficient (Wildman–Crippen LogP) is 3.03. The van der Waals surface area contributed by atoms with Gasteiger partial charge in [-0.05, 0) is 87.5 Å². The van der Waals surface area contributed by atoms with Crippen molar-refractivity contribution in [2.45, 2.75) is 52.6 Å². The van der Waals surface area contributed by atoms with Crippen LogP contribution in [0.2, 0.25) is 0 Å². The first-order valence-corrected chi connectivity index (χ1v) is 13.6. The molecule has 192 valence electrons. The molecule has 2 aromatic rings. The highest BCUT2D eigenvalue weighted by molar-refractivity contribution is 7.80. The number of thiocarbonyl (C=S) groups is 1. The third-order valence-corrected chi connectivity index (χ3v) is 8.05. The van der Waals surface area contributed by atoms with Gasteiger partial charge in [-0.3, -0.25) is 14.6 Å². The Morgan fingerprint density at radius 3 is 2.83 bits per heavy atom.